The van der Waals surface area contributed by atoms with Gasteiger partial charge in [0.15, 0.2) is 0 Å². The van der Waals surface area contributed by atoms with E-state index in [9.17, 15) is 0 Å². The molecule has 0 heterocycles. The van der Waals surface area contributed by atoms with E-state index in [-0.39, 0.29) is 0 Å². The first-order chi connectivity index (χ1) is 9.08. The Bertz CT molecular complexity index is 376. The highest BCUT2D eigenvalue weighted by atomic mass is 16.5. The minimum Gasteiger partial charge on any atom is -0.492 e. The fourth-order valence-electron chi connectivity index (χ4n) is 2.08. The lowest BCUT2D eigenvalue weighted by atomic mass is 10.00. The van der Waals surface area contributed by atoms with Crippen LogP contribution in [0.4, 0.5) is 0 Å². The van der Waals surface area contributed by atoms with Crippen LogP contribution in [0.1, 0.15) is 44.7 Å². The normalized spacial score (nSPS) is 14.2. The van der Waals surface area contributed by atoms with Gasteiger partial charge in [-0.1, -0.05) is 39.3 Å². The molecule has 0 spiro atoms. The number of rotatable bonds is 8. The van der Waals surface area contributed by atoms with Crippen molar-refractivity contribution in [2.75, 3.05) is 13.2 Å². The molecule has 108 valence electrons. The Hall–Kier alpha value is -1.02. The molecule has 0 fully saturated rings. The fourth-order valence-corrected chi connectivity index (χ4v) is 2.08. The molecular weight excluding hydrogens is 234 g/mol. The number of benzene rings is 1. The van der Waals surface area contributed by atoms with Crippen LogP contribution in [0.3, 0.4) is 0 Å². The van der Waals surface area contributed by atoms with Gasteiger partial charge in [0, 0.05) is 6.04 Å². The summed E-state index contributed by atoms with van der Waals surface area (Å²) in [6, 6.07) is 6.82. The molecule has 2 atom stereocenters. The molecule has 0 aromatic heterocycles. The van der Waals surface area contributed by atoms with Crippen LogP contribution in [0.15, 0.2) is 18.2 Å². The van der Waals surface area contributed by atoms with Gasteiger partial charge in [0.1, 0.15) is 12.4 Å². The molecule has 1 rings (SSSR count). The highest BCUT2D eigenvalue weighted by Gasteiger charge is 2.16. The van der Waals surface area contributed by atoms with Gasteiger partial charge >= 0.3 is 0 Å². The van der Waals surface area contributed by atoms with Gasteiger partial charge in [0.25, 0.3) is 0 Å². The van der Waals surface area contributed by atoms with Crippen LogP contribution in [0.5, 0.6) is 5.75 Å². The van der Waals surface area contributed by atoms with E-state index < -0.39 is 0 Å². The minimum atomic E-state index is 0.435. The van der Waals surface area contributed by atoms with Crippen molar-refractivity contribution in [3.8, 4) is 5.75 Å². The van der Waals surface area contributed by atoms with Gasteiger partial charge in [0.05, 0.1) is 0 Å². The Morgan fingerprint density at radius 2 is 1.95 bits per heavy atom. The summed E-state index contributed by atoms with van der Waals surface area (Å²) >= 11 is 0. The predicted molar refractivity (Wildman–Crippen MR) is 82.9 cm³/mol. The van der Waals surface area contributed by atoms with Gasteiger partial charge in [-0.15, -0.1) is 0 Å². The number of hydrogen-bond donors (Lipinski definition) is 1. The summed E-state index contributed by atoms with van der Waals surface area (Å²) in [5, 5.41) is 3.60. The van der Waals surface area contributed by atoms with Gasteiger partial charge in [-0.05, 0) is 49.9 Å². The van der Waals surface area contributed by atoms with Gasteiger partial charge < -0.3 is 10.1 Å². The quantitative estimate of drug-likeness (QED) is 0.762. The monoisotopic (exact) mass is 263 g/mol. The molecule has 0 saturated carbocycles. The van der Waals surface area contributed by atoms with Crippen molar-refractivity contribution in [2.24, 2.45) is 5.92 Å². The average molecular weight is 263 g/mol. The molecule has 0 aliphatic heterocycles. The lowest BCUT2D eigenvalue weighted by molar-refractivity contribution is 0.219. The van der Waals surface area contributed by atoms with Crippen LogP contribution in [0.2, 0.25) is 0 Å². The zero-order chi connectivity index (χ0) is 14.3. The molecule has 0 aliphatic carbocycles. The molecule has 0 bridgehead atoms. The van der Waals surface area contributed by atoms with Crippen molar-refractivity contribution in [1.82, 2.24) is 5.32 Å². The molecule has 1 aromatic rings. The smallest absolute Gasteiger partial charge is 0.122 e. The zero-order valence-electron chi connectivity index (χ0n) is 13.1. The van der Waals surface area contributed by atoms with Crippen molar-refractivity contribution in [3.63, 3.8) is 0 Å². The van der Waals surface area contributed by atoms with E-state index in [1.165, 1.54) is 17.5 Å². The molecule has 2 unspecified atom stereocenters. The third-order valence-electron chi connectivity index (χ3n) is 3.75. The first-order valence-corrected chi connectivity index (χ1v) is 7.51. The maximum absolute atomic E-state index is 6.04. The molecular formula is C17H29NO. The largest absolute Gasteiger partial charge is 0.492 e. The van der Waals surface area contributed by atoms with E-state index in [2.05, 4.69) is 58.1 Å². The topological polar surface area (TPSA) is 21.3 Å². The van der Waals surface area contributed by atoms with Crippen molar-refractivity contribution in [2.45, 2.75) is 53.5 Å². The molecule has 0 aliphatic rings. The van der Waals surface area contributed by atoms with E-state index in [0.717, 1.165) is 25.3 Å². The van der Waals surface area contributed by atoms with Crippen LogP contribution in [-0.2, 0) is 0 Å². The maximum Gasteiger partial charge on any atom is 0.122 e. The van der Waals surface area contributed by atoms with E-state index in [1.54, 1.807) is 0 Å². The van der Waals surface area contributed by atoms with E-state index >= 15 is 0 Å². The summed E-state index contributed by atoms with van der Waals surface area (Å²) in [6.07, 6.45) is 2.34. The first-order valence-electron chi connectivity index (χ1n) is 7.51. The molecule has 2 heteroatoms. The summed E-state index contributed by atoms with van der Waals surface area (Å²) in [5.41, 5.74) is 2.46. The maximum atomic E-state index is 6.04. The van der Waals surface area contributed by atoms with Crippen molar-refractivity contribution >= 4 is 0 Å². The van der Waals surface area contributed by atoms with Crippen LogP contribution in [0, 0.1) is 19.8 Å². The molecule has 0 saturated heterocycles. The molecule has 0 amide bonds. The number of ether oxygens (including phenoxy) is 1. The van der Waals surface area contributed by atoms with Crippen molar-refractivity contribution in [1.29, 1.82) is 0 Å². The Labute approximate surface area is 118 Å². The van der Waals surface area contributed by atoms with Crippen LogP contribution < -0.4 is 10.1 Å². The summed E-state index contributed by atoms with van der Waals surface area (Å²) in [4.78, 5) is 0. The van der Waals surface area contributed by atoms with Gasteiger partial charge in [-0.3, -0.25) is 0 Å². The highest BCUT2D eigenvalue weighted by Crippen LogP contribution is 2.20. The second-order valence-corrected chi connectivity index (χ2v) is 5.53. The first kappa shape index (κ1) is 16.0. The summed E-state index contributed by atoms with van der Waals surface area (Å²) < 4.78 is 6.04. The standard InChI is InChI=1S/C17H29NO/c1-6-10-18-16(14(4)7-2)12-19-17-11-13(3)8-9-15(17)5/h8-9,11,14,16,18H,6-7,10,12H2,1-5H3. The minimum absolute atomic E-state index is 0.435. The number of nitrogens with one attached hydrogen (secondary N) is 1. The second kappa shape index (κ2) is 8.21. The SMILES string of the molecule is CCCNC(COc1cc(C)ccc1C)C(C)CC. The van der Waals surface area contributed by atoms with Crippen LogP contribution in [0.25, 0.3) is 0 Å². The molecule has 0 radical (unpaired) electrons. The fraction of sp³-hybridized carbons (Fsp3) is 0.647. The third kappa shape index (κ3) is 5.23. The predicted octanol–water partition coefficient (Wildman–Crippen LogP) is 4.10. The molecule has 1 N–H and O–H groups in total. The average Bonchev–Trinajstić information content (AvgIpc) is 2.41. The van der Waals surface area contributed by atoms with Crippen LogP contribution in [-0.4, -0.2) is 19.2 Å². The zero-order valence-corrected chi connectivity index (χ0v) is 13.1. The lowest BCUT2D eigenvalue weighted by Gasteiger charge is -2.25. The molecule has 1 aromatic carbocycles. The summed E-state index contributed by atoms with van der Waals surface area (Å²) in [6.45, 7) is 12.7. The Balaban J connectivity index is 2.61. The Morgan fingerprint density at radius 3 is 2.58 bits per heavy atom. The van der Waals surface area contributed by atoms with Gasteiger partial charge in [-0.25, -0.2) is 0 Å². The van der Waals surface area contributed by atoms with E-state index in [4.69, 9.17) is 4.74 Å². The van der Waals surface area contributed by atoms with E-state index in [0.29, 0.717) is 12.0 Å². The van der Waals surface area contributed by atoms with Gasteiger partial charge in [0.2, 0.25) is 0 Å². The number of hydrogen-bond acceptors (Lipinski definition) is 2. The summed E-state index contributed by atoms with van der Waals surface area (Å²) in [7, 11) is 0. The summed E-state index contributed by atoms with van der Waals surface area (Å²) in [5.74, 6) is 1.66. The Morgan fingerprint density at radius 1 is 1.21 bits per heavy atom. The lowest BCUT2D eigenvalue weighted by Crippen LogP contribution is -2.40. The van der Waals surface area contributed by atoms with Crippen molar-refractivity contribution in [3.05, 3.63) is 29.3 Å². The Kier molecular flexibility index (Phi) is 6.93. The van der Waals surface area contributed by atoms with E-state index in [1.807, 2.05) is 0 Å². The third-order valence-corrected chi connectivity index (χ3v) is 3.75. The second-order valence-electron chi connectivity index (χ2n) is 5.53. The molecule has 2 nitrogen and oxygen atoms in total. The van der Waals surface area contributed by atoms with Gasteiger partial charge in [-0.2, -0.15) is 0 Å². The van der Waals surface area contributed by atoms with Crippen molar-refractivity contribution < 1.29 is 4.74 Å². The van der Waals surface area contributed by atoms with Crippen LogP contribution >= 0.6 is 0 Å². The molecule has 19 heavy (non-hydrogen) atoms. The highest BCUT2D eigenvalue weighted by molar-refractivity contribution is 5.35. The number of aryl methyl sites for hydroxylation is 2.